The van der Waals surface area contributed by atoms with Crippen molar-refractivity contribution in [3.05, 3.63) is 57.6 Å². The van der Waals surface area contributed by atoms with Crippen LogP contribution in [0, 0.1) is 27.7 Å². The predicted molar refractivity (Wildman–Crippen MR) is 146 cm³/mol. The standard InChI is InChI=1S/C31H46N2O2/c1-22-17-26(18-23(2)30(22)34-15-11-28-9-7-13-32(28)5)21-27-19-24(3)31(25(4)20-27)35-16-12-29-10-8-14-33(29)6/h17-20,28-29H,7-16,21H2,1-6H3. The molecule has 2 aliphatic rings. The highest BCUT2D eigenvalue weighted by Gasteiger charge is 2.22. The van der Waals surface area contributed by atoms with Crippen molar-refractivity contribution in [3.63, 3.8) is 0 Å². The van der Waals surface area contributed by atoms with Gasteiger partial charge in [0.1, 0.15) is 11.5 Å². The van der Waals surface area contributed by atoms with Gasteiger partial charge >= 0.3 is 0 Å². The minimum Gasteiger partial charge on any atom is -0.493 e. The fourth-order valence-electron chi connectivity index (χ4n) is 6.26. The molecule has 2 atom stereocenters. The van der Waals surface area contributed by atoms with Gasteiger partial charge in [0, 0.05) is 12.1 Å². The second kappa shape index (κ2) is 11.8. The third-order valence-corrected chi connectivity index (χ3v) is 8.19. The Balaban J connectivity index is 1.34. The van der Waals surface area contributed by atoms with E-state index in [1.54, 1.807) is 0 Å². The lowest BCUT2D eigenvalue weighted by molar-refractivity contribution is 0.231. The zero-order chi connectivity index (χ0) is 24.9. The summed E-state index contributed by atoms with van der Waals surface area (Å²) in [5.41, 5.74) is 7.66. The molecule has 2 fully saturated rings. The number of benzene rings is 2. The van der Waals surface area contributed by atoms with Crippen LogP contribution in [0.2, 0.25) is 0 Å². The lowest BCUT2D eigenvalue weighted by Crippen LogP contribution is -2.26. The first-order chi connectivity index (χ1) is 16.8. The molecular weight excluding hydrogens is 432 g/mol. The Kier molecular flexibility index (Phi) is 8.77. The summed E-state index contributed by atoms with van der Waals surface area (Å²) < 4.78 is 12.5. The molecule has 0 saturated carbocycles. The van der Waals surface area contributed by atoms with Crippen LogP contribution >= 0.6 is 0 Å². The quantitative estimate of drug-likeness (QED) is 0.404. The van der Waals surface area contributed by atoms with E-state index in [0.29, 0.717) is 12.1 Å². The van der Waals surface area contributed by atoms with E-state index in [9.17, 15) is 0 Å². The highest BCUT2D eigenvalue weighted by atomic mass is 16.5. The van der Waals surface area contributed by atoms with Gasteiger partial charge in [-0.15, -0.1) is 0 Å². The van der Waals surface area contributed by atoms with Gasteiger partial charge in [0.25, 0.3) is 0 Å². The molecule has 0 spiro atoms. The maximum Gasteiger partial charge on any atom is 0.125 e. The number of rotatable bonds is 10. The lowest BCUT2D eigenvalue weighted by atomic mass is 9.97. The third-order valence-electron chi connectivity index (χ3n) is 8.19. The van der Waals surface area contributed by atoms with Crippen molar-refractivity contribution in [1.82, 2.24) is 9.80 Å². The molecule has 4 nitrogen and oxygen atoms in total. The van der Waals surface area contributed by atoms with Crippen LogP contribution in [0.3, 0.4) is 0 Å². The van der Waals surface area contributed by atoms with Crippen LogP contribution in [-0.2, 0) is 6.42 Å². The summed E-state index contributed by atoms with van der Waals surface area (Å²) in [5, 5.41) is 0. The lowest BCUT2D eigenvalue weighted by Gasteiger charge is -2.21. The molecular formula is C31H46N2O2. The van der Waals surface area contributed by atoms with Gasteiger partial charge in [0.2, 0.25) is 0 Å². The van der Waals surface area contributed by atoms with E-state index in [1.165, 1.54) is 72.2 Å². The molecule has 0 bridgehead atoms. The van der Waals surface area contributed by atoms with Crippen molar-refractivity contribution in [1.29, 1.82) is 0 Å². The highest BCUT2D eigenvalue weighted by molar-refractivity contribution is 5.47. The summed E-state index contributed by atoms with van der Waals surface area (Å²) in [5.74, 6) is 2.14. The van der Waals surface area contributed by atoms with Crippen LogP contribution < -0.4 is 9.47 Å². The molecule has 2 aromatic carbocycles. The number of ether oxygens (including phenoxy) is 2. The fraction of sp³-hybridized carbons (Fsp3) is 0.613. The van der Waals surface area contributed by atoms with E-state index in [1.807, 2.05) is 0 Å². The summed E-state index contributed by atoms with van der Waals surface area (Å²) in [6.45, 7) is 12.8. The first-order valence-electron chi connectivity index (χ1n) is 13.7. The van der Waals surface area contributed by atoms with Crippen molar-refractivity contribution in [2.45, 2.75) is 84.7 Å². The van der Waals surface area contributed by atoms with Crippen LogP contribution in [0.25, 0.3) is 0 Å². The Labute approximate surface area is 213 Å². The summed E-state index contributed by atoms with van der Waals surface area (Å²) in [7, 11) is 4.47. The highest BCUT2D eigenvalue weighted by Crippen LogP contribution is 2.30. The van der Waals surface area contributed by atoms with Crippen molar-refractivity contribution in [2.24, 2.45) is 0 Å². The van der Waals surface area contributed by atoms with Gasteiger partial charge in [-0.05, 0) is 133 Å². The summed E-state index contributed by atoms with van der Waals surface area (Å²) in [6.07, 6.45) is 8.40. The van der Waals surface area contributed by atoms with Crippen LogP contribution in [0.4, 0.5) is 0 Å². The van der Waals surface area contributed by atoms with Crippen molar-refractivity contribution in [2.75, 3.05) is 40.4 Å². The molecule has 192 valence electrons. The smallest absolute Gasteiger partial charge is 0.125 e. The summed E-state index contributed by atoms with van der Waals surface area (Å²) in [4.78, 5) is 4.95. The maximum atomic E-state index is 6.27. The Morgan fingerprint density at radius 1 is 0.657 bits per heavy atom. The minimum absolute atomic E-state index is 0.678. The number of hydrogen-bond acceptors (Lipinski definition) is 4. The number of hydrogen-bond donors (Lipinski definition) is 0. The van der Waals surface area contributed by atoms with Crippen LogP contribution in [-0.4, -0.2) is 62.3 Å². The predicted octanol–water partition coefficient (Wildman–Crippen LogP) is 6.24. The van der Waals surface area contributed by atoms with E-state index in [4.69, 9.17) is 9.47 Å². The van der Waals surface area contributed by atoms with Gasteiger partial charge < -0.3 is 19.3 Å². The molecule has 35 heavy (non-hydrogen) atoms. The fourth-order valence-corrected chi connectivity index (χ4v) is 6.26. The van der Waals surface area contributed by atoms with Gasteiger partial charge in [-0.2, -0.15) is 0 Å². The second-order valence-electron chi connectivity index (χ2n) is 11.1. The van der Waals surface area contributed by atoms with Gasteiger partial charge in [-0.25, -0.2) is 0 Å². The van der Waals surface area contributed by atoms with Crippen molar-refractivity contribution < 1.29 is 9.47 Å². The van der Waals surface area contributed by atoms with E-state index < -0.39 is 0 Å². The average Bonchev–Trinajstić information content (AvgIpc) is 3.39. The summed E-state index contributed by atoms with van der Waals surface area (Å²) in [6, 6.07) is 10.6. The molecule has 4 rings (SSSR count). The zero-order valence-corrected chi connectivity index (χ0v) is 23.0. The number of aryl methyl sites for hydroxylation is 4. The van der Waals surface area contributed by atoms with Crippen LogP contribution in [0.1, 0.15) is 71.9 Å². The van der Waals surface area contributed by atoms with Crippen molar-refractivity contribution in [3.8, 4) is 11.5 Å². The largest absolute Gasteiger partial charge is 0.493 e. The molecule has 0 N–H and O–H groups in total. The molecule has 2 aromatic rings. The molecule has 2 aliphatic heterocycles. The first-order valence-corrected chi connectivity index (χ1v) is 13.7. The Morgan fingerprint density at radius 3 is 1.34 bits per heavy atom. The number of nitrogens with zero attached hydrogens (tertiary/aromatic N) is 2. The van der Waals surface area contributed by atoms with Crippen LogP contribution in [0.15, 0.2) is 24.3 Å². The van der Waals surface area contributed by atoms with Crippen molar-refractivity contribution >= 4 is 0 Å². The Morgan fingerprint density at radius 2 is 1.03 bits per heavy atom. The second-order valence-corrected chi connectivity index (χ2v) is 11.1. The van der Waals surface area contributed by atoms with Gasteiger partial charge in [0.15, 0.2) is 0 Å². The van der Waals surface area contributed by atoms with Gasteiger partial charge in [0.05, 0.1) is 13.2 Å². The molecule has 4 heteroatoms. The van der Waals surface area contributed by atoms with Crippen LogP contribution in [0.5, 0.6) is 11.5 Å². The first kappa shape index (κ1) is 26.0. The SMILES string of the molecule is Cc1cc(Cc2cc(C)c(OCCC3CCCN3C)c(C)c2)cc(C)c1OCCC1CCCN1C. The monoisotopic (exact) mass is 478 g/mol. The molecule has 2 heterocycles. The molecule has 0 radical (unpaired) electrons. The maximum absolute atomic E-state index is 6.27. The molecule has 0 aliphatic carbocycles. The van der Waals surface area contributed by atoms with Gasteiger partial charge in [-0.3, -0.25) is 0 Å². The molecule has 2 saturated heterocycles. The Hall–Kier alpha value is -2.04. The van der Waals surface area contributed by atoms with E-state index in [2.05, 4.69) is 75.9 Å². The topological polar surface area (TPSA) is 24.9 Å². The van der Waals surface area contributed by atoms with E-state index in [-0.39, 0.29) is 0 Å². The summed E-state index contributed by atoms with van der Waals surface area (Å²) >= 11 is 0. The zero-order valence-electron chi connectivity index (χ0n) is 23.0. The molecule has 0 aromatic heterocycles. The Bertz CT molecular complexity index is 876. The molecule has 0 amide bonds. The molecule has 2 unspecified atom stereocenters. The third kappa shape index (κ3) is 6.59. The van der Waals surface area contributed by atoms with E-state index in [0.717, 1.165) is 44.0 Å². The van der Waals surface area contributed by atoms with E-state index >= 15 is 0 Å². The van der Waals surface area contributed by atoms with Gasteiger partial charge in [-0.1, -0.05) is 24.3 Å². The number of likely N-dealkylation sites (tertiary alicyclic amines) is 2. The average molecular weight is 479 g/mol. The minimum atomic E-state index is 0.678. The normalized spacial score (nSPS) is 21.1.